The predicted octanol–water partition coefficient (Wildman–Crippen LogP) is 0.701. The van der Waals surface area contributed by atoms with Crippen molar-refractivity contribution in [1.82, 2.24) is 0 Å². The number of carboxylic acids is 1. The van der Waals surface area contributed by atoms with Gasteiger partial charge in [-0.25, -0.2) is 0 Å². The molecule has 0 aliphatic heterocycles. The van der Waals surface area contributed by atoms with Gasteiger partial charge in [-0.15, -0.1) is 0 Å². The lowest BCUT2D eigenvalue weighted by Crippen LogP contribution is -2.34. The van der Waals surface area contributed by atoms with Gasteiger partial charge in [-0.1, -0.05) is 6.92 Å². The Balaban J connectivity index is 4.47. The summed E-state index contributed by atoms with van der Waals surface area (Å²) >= 11 is 0. The Bertz CT molecular complexity index is 158. The molecule has 0 radical (unpaired) electrons. The molecule has 12 heavy (non-hydrogen) atoms. The molecule has 0 saturated heterocycles. The second-order valence-electron chi connectivity index (χ2n) is 2.61. The van der Waals surface area contributed by atoms with Gasteiger partial charge in [0.2, 0.25) is 0 Å². The van der Waals surface area contributed by atoms with Gasteiger partial charge < -0.3 is 9.84 Å². The third kappa shape index (κ3) is 2.62. The first-order chi connectivity index (χ1) is 5.54. The molecule has 0 amide bonds. The summed E-state index contributed by atoms with van der Waals surface area (Å²) in [6.45, 7) is 3.05. The number of methoxy groups -OCH3 is 1. The fourth-order valence-electron chi connectivity index (χ4n) is 1.13. The van der Waals surface area contributed by atoms with Crippen molar-refractivity contribution in [3.05, 3.63) is 0 Å². The van der Waals surface area contributed by atoms with Crippen molar-refractivity contribution in [1.29, 1.82) is 0 Å². The normalized spacial score (nSPS) is 15.2. The lowest BCUT2D eigenvalue weighted by Gasteiger charge is -2.18. The summed E-state index contributed by atoms with van der Waals surface area (Å²) in [5.41, 5.74) is 0. The van der Waals surface area contributed by atoms with Crippen molar-refractivity contribution in [3.8, 4) is 0 Å². The molecule has 0 bridgehead atoms. The highest BCUT2D eigenvalue weighted by atomic mass is 16.5. The molecule has 70 valence electrons. The van der Waals surface area contributed by atoms with Gasteiger partial charge in [0.05, 0.1) is 6.10 Å². The first kappa shape index (κ1) is 11.1. The van der Waals surface area contributed by atoms with Crippen molar-refractivity contribution in [2.75, 3.05) is 7.11 Å². The van der Waals surface area contributed by atoms with E-state index in [9.17, 15) is 9.59 Å². The summed E-state index contributed by atoms with van der Waals surface area (Å²) in [5.74, 6) is -2.51. The second kappa shape index (κ2) is 4.87. The smallest absolute Gasteiger partial charge is 0.316 e. The zero-order chi connectivity index (χ0) is 9.72. The van der Waals surface area contributed by atoms with E-state index < -0.39 is 18.0 Å². The molecule has 1 N–H and O–H groups in total. The minimum Gasteiger partial charge on any atom is -0.481 e. The van der Waals surface area contributed by atoms with Gasteiger partial charge in [-0.2, -0.15) is 0 Å². The largest absolute Gasteiger partial charge is 0.481 e. The van der Waals surface area contributed by atoms with Crippen LogP contribution in [0.25, 0.3) is 0 Å². The van der Waals surface area contributed by atoms with Crippen molar-refractivity contribution >= 4 is 11.8 Å². The van der Waals surface area contributed by atoms with Crippen molar-refractivity contribution < 1.29 is 19.4 Å². The van der Waals surface area contributed by atoms with Crippen LogP contribution in [0.1, 0.15) is 20.3 Å². The van der Waals surface area contributed by atoms with Crippen molar-refractivity contribution in [2.45, 2.75) is 26.4 Å². The summed E-state index contributed by atoms with van der Waals surface area (Å²) in [7, 11) is 1.41. The number of Topliss-reactive ketones (excluding diaryl/α,β-unsaturated/α-hetero) is 1. The average molecular weight is 174 g/mol. The third-order valence-electron chi connectivity index (χ3n) is 1.78. The molecule has 2 atom stereocenters. The van der Waals surface area contributed by atoms with Crippen molar-refractivity contribution in [2.24, 2.45) is 5.92 Å². The summed E-state index contributed by atoms with van der Waals surface area (Å²) < 4.78 is 4.88. The van der Waals surface area contributed by atoms with Crippen LogP contribution >= 0.6 is 0 Å². The molecule has 0 fully saturated rings. The molecule has 0 aromatic heterocycles. The summed E-state index contributed by atoms with van der Waals surface area (Å²) in [6, 6.07) is 0. The molecule has 4 heteroatoms. The molecular formula is C8H14O4. The van der Waals surface area contributed by atoms with Crippen LogP contribution in [-0.4, -0.2) is 30.1 Å². The molecule has 0 rings (SSSR count). The number of carbonyl (C=O) groups excluding carboxylic acids is 1. The molecule has 0 aliphatic carbocycles. The van der Waals surface area contributed by atoms with Gasteiger partial charge in [-0.05, 0) is 13.3 Å². The molecule has 0 aromatic rings. The topological polar surface area (TPSA) is 63.6 Å². The maximum absolute atomic E-state index is 10.9. The first-order valence-corrected chi connectivity index (χ1v) is 3.80. The molecule has 4 nitrogen and oxygen atoms in total. The van der Waals surface area contributed by atoms with Gasteiger partial charge in [0.15, 0.2) is 0 Å². The molecule has 0 spiro atoms. The average Bonchev–Trinajstić information content (AvgIpc) is 1.98. The summed E-state index contributed by atoms with van der Waals surface area (Å²) in [6.07, 6.45) is 0.00699. The van der Waals surface area contributed by atoms with Gasteiger partial charge in [0.25, 0.3) is 0 Å². The number of carboxylic acid groups (broad SMARTS) is 1. The van der Waals surface area contributed by atoms with Crippen LogP contribution in [0.15, 0.2) is 0 Å². The zero-order valence-electron chi connectivity index (χ0n) is 7.53. The maximum Gasteiger partial charge on any atom is 0.316 e. The molecule has 0 saturated carbocycles. The Morgan fingerprint density at radius 2 is 2.00 bits per heavy atom. The second-order valence-corrected chi connectivity index (χ2v) is 2.61. The number of aliphatic carboxylic acids is 1. The third-order valence-corrected chi connectivity index (χ3v) is 1.78. The monoisotopic (exact) mass is 174 g/mol. The van der Waals surface area contributed by atoms with E-state index in [1.54, 1.807) is 6.92 Å². The molecule has 0 aliphatic rings. The highest BCUT2D eigenvalue weighted by Crippen LogP contribution is 2.12. The fourth-order valence-corrected chi connectivity index (χ4v) is 1.13. The Morgan fingerprint density at radius 1 is 1.50 bits per heavy atom. The molecule has 2 unspecified atom stereocenters. The standard InChI is InChI=1S/C8H14O4/c1-4-6(12-3)7(5(2)9)8(10)11/h6-7H,4H2,1-3H3,(H,10,11). The van der Waals surface area contributed by atoms with Crippen LogP contribution in [0.2, 0.25) is 0 Å². The minimum absolute atomic E-state index is 0.365. The number of ketones is 1. The number of carbonyl (C=O) groups is 2. The Labute approximate surface area is 71.5 Å². The van der Waals surface area contributed by atoms with Crippen molar-refractivity contribution in [3.63, 3.8) is 0 Å². The van der Waals surface area contributed by atoms with E-state index >= 15 is 0 Å². The van der Waals surface area contributed by atoms with Crippen LogP contribution < -0.4 is 0 Å². The van der Waals surface area contributed by atoms with Crippen LogP contribution in [-0.2, 0) is 14.3 Å². The SMILES string of the molecule is CCC(OC)C(C(C)=O)C(=O)O. The molecule has 0 heterocycles. The Hall–Kier alpha value is -0.900. The Kier molecular flexibility index (Phi) is 4.51. The molecule has 0 aromatic carbocycles. The Morgan fingerprint density at radius 3 is 2.08 bits per heavy atom. The summed E-state index contributed by atoms with van der Waals surface area (Å²) in [4.78, 5) is 21.5. The van der Waals surface area contributed by atoms with Crippen LogP contribution in [0.4, 0.5) is 0 Å². The van der Waals surface area contributed by atoms with Gasteiger partial charge >= 0.3 is 5.97 Å². The maximum atomic E-state index is 10.9. The van der Waals surface area contributed by atoms with E-state index in [2.05, 4.69) is 0 Å². The fraction of sp³-hybridized carbons (Fsp3) is 0.750. The van der Waals surface area contributed by atoms with E-state index in [-0.39, 0.29) is 5.78 Å². The van der Waals surface area contributed by atoms with Crippen LogP contribution in [0, 0.1) is 5.92 Å². The minimum atomic E-state index is -1.11. The zero-order valence-corrected chi connectivity index (χ0v) is 7.53. The van der Waals surface area contributed by atoms with E-state index in [0.29, 0.717) is 6.42 Å². The predicted molar refractivity (Wildman–Crippen MR) is 42.9 cm³/mol. The van der Waals surface area contributed by atoms with E-state index in [0.717, 1.165) is 0 Å². The first-order valence-electron chi connectivity index (χ1n) is 3.80. The van der Waals surface area contributed by atoms with Crippen LogP contribution in [0.5, 0.6) is 0 Å². The lowest BCUT2D eigenvalue weighted by molar-refractivity contribution is -0.151. The van der Waals surface area contributed by atoms with E-state index in [4.69, 9.17) is 9.84 Å². The number of ether oxygens (including phenoxy) is 1. The molecular weight excluding hydrogens is 160 g/mol. The van der Waals surface area contributed by atoms with Crippen LogP contribution in [0.3, 0.4) is 0 Å². The quantitative estimate of drug-likeness (QED) is 0.623. The number of hydrogen-bond donors (Lipinski definition) is 1. The van der Waals surface area contributed by atoms with Gasteiger partial charge in [0.1, 0.15) is 11.7 Å². The number of hydrogen-bond acceptors (Lipinski definition) is 3. The highest BCUT2D eigenvalue weighted by molar-refractivity contribution is 5.97. The van der Waals surface area contributed by atoms with E-state index in [1.165, 1.54) is 14.0 Å². The van der Waals surface area contributed by atoms with Gasteiger partial charge in [-0.3, -0.25) is 9.59 Å². The highest BCUT2D eigenvalue weighted by Gasteiger charge is 2.30. The van der Waals surface area contributed by atoms with E-state index in [1.807, 2.05) is 0 Å². The number of rotatable bonds is 5. The van der Waals surface area contributed by atoms with Gasteiger partial charge in [0, 0.05) is 7.11 Å². The summed E-state index contributed by atoms with van der Waals surface area (Å²) in [5, 5.41) is 8.68. The lowest BCUT2D eigenvalue weighted by atomic mass is 9.96.